The second-order valence-corrected chi connectivity index (χ2v) is 4.95. The van der Waals surface area contributed by atoms with Crippen molar-refractivity contribution in [3.8, 4) is 0 Å². The highest BCUT2D eigenvalue weighted by atomic mass is 16.3. The Morgan fingerprint density at radius 3 is 2.53 bits per heavy atom. The molecular formula is C11H22N2O2. The van der Waals surface area contributed by atoms with E-state index in [0.29, 0.717) is 12.8 Å². The van der Waals surface area contributed by atoms with Crippen LogP contribution in [0.4, 0.5) is 0 Å². The summed E-state index contributed by atoms with van der Waals surface area (Å²) in [6, 6.07) is 0.0150. The molecule has 2 unspecified atom stereocenters. The molecule has 1 rings (SSSR count). The predicted molar refractivity (Wildman–Crippen MR) is 59.3 cm³/mol. The van der Waals surface area contributed by atoms with Crippen LogP contribution in [0.3, 0.4) is 0 Å². The third-order valence-corrected chi connectivity index (χ3v) is 2.96. The Kier molecular flexibility index (Phi) is 4.11. The van der Waals surface area contributed by atoms with Crippen molar-refractivity contribution in [3.05, 3.63) is 0 Å². The summed E-state index contributed by atoms with van der Waals surface area (Å²) in [5, 5.41) is 12.0. The fraction of sp³-hybridized carbons (Fsp3) is 0.909. The Morgan fingerprint density at radius 2 is 2.13 bits per heavy atom. The van der Waals surface area contributed by atoms with Gasteiger partial charge in [0.25, 0.3) is 0 Å². The number of nitrogens with one attached hydrogen (secondary N) is 1. The summed E-state index contributed by atoms with van der Waals surface area (Å²) in [4.78, 5) is 11.6. The summed E-state index contributed by atoms with van der Waals surface area (Å²) in [6.45, 7) is 3.62. The molecule has 0 saturated heterocycles. The van der Waals surface area contributed by atoms with Gasteiger partial charge >= 0.3 is 0 Å². The van der Waals surface area contributed by atoms with Crippen LogP contribution in [0.25, 0.3) is 0 Å². The molecule has 1 saturated carbocycles. The largest absolute Gasteiger partial charge is 0.393 e. The first-order valence-corrected chi connectivity index (χ1v) is 5.68. The average Bonchev–Trinajstić information content (AvgIpc) is 1.98. The molecule has 0 radical (unpaired) electrons. The lowest BCUT2D eigenvalue weighted by atomic mass is 9.75. The number of hydrogen-bond acceptors (Lipinski definition) is 3. The van der Waals surface area contributed by atoms with E-state index >= 15 is 0 Å². The van der Waals surface area contributed by atoms with Crippen molar-refractivity contribution >= 4 is 5.91 Å². The minimum absolute atomic E-state index is 0.00495. The lowest BCUT2D eigenvalue weighted by molar-refractivity contribution is -0.123. The summed E-state index contributed by atoms with van der Waals surface area (Å²) >= 11 is 0. The zero-order valence-corrected chi connectivity index (χ0v) is 9.62. The number of aliphatic hydroxyl groups excluding tert-OH is 1. The molecule has 2 atom stereocenters. The van der Waals surface area contributed by atoms with Gasteiger partial charge in [0.05, 0.1) is 6.10 Å². The standard InChI is InChI=1S/C11H22N2O2/c1-8(6-9(2)14)13-10(15)7-11(12)4-3-5-11/h8-9,14H,3-7,12H2,1-2H3,(H,13,15). The van der Waals surface area contributed by atoms with Gasteiger partial charge in [-0.1, -0.05) is 0 Å². The summed E-state index contributed by atoms with van der Waals surface area (Å²) < 4.78 is 0. The number of aliphatic hydroxyl groups is 1. The van der Waals surface area contributed by atoms with E-state index in [1.54, 1.807) is 6.92 Å². The van der Waals surface area contributed by atoms with Crippen LogP contribution in [-0.4, -0.2) is 28.7 Å². The molecule has 1 aliphatic rings. The van der Waals surface area contributed by atoms with E-state index in [2.05, 4.69) is 5.32 Å². The van der Waals surface area contributed by atoms with Crippen LogP contribution in [0.15, 0.2) is 0 Å². The highest BCUT2D eigenvalue weighted by Gasteiger charge is 2.34. The first kappa shape index (κ1) is 12.5. The van der Waals surface area contributed by atoms with Gasteiger partial charge in [-0.15, -0.1) is 0 Å². The molecule has 0 bridgehead atoms. The summed E-state index contributed by atoms with van der Waals surface area (Å²) in [6.07, 6.45) is 3.65. The van der Waals surface area contributed by atoms with Crippen molar-refractivity contribution < 1.29 is 9.90 Å². The minimum Gasteiger partial charge on any atom is -0.393 e. The number of hydrogen-bond donors (Lipinski definition) is 3. The number of carbonyl (C=O) groups excluding carboxylic acids is 1. The Bertz CT molecular complexity index is 225. The Balaban J connectivity index is 2.23. The van der Waals surface area contributed by atoms with Crippen LogP contribution in [0.5, 0.6) is 0 Å². The maximum Gasteiger partial charge on any atom is 0.222 e. The Labute approximate surface area is 91.2 Å². The number of rotatable bonds is 5. The van der Waals surface area contributed by atoms with Crippen molar-refractivity contribution in [2.45, 2.75) is 63.6 Å². The molecule has 0 aromatic heterocycles. The van der Waals surface area contributed by atoms with E-state index in [-0.39, 0.29) is 23.6 Å². The van der Waals surface area contributed by atoms with E-state index < -0.39 is 0 Å². The van der Waals surface area contributed by atoms with E-state index in [9.17, 15) is 4.79 Å². The van der Waals surface area contributed by atoms with Crippen LogP contribution in [0.1, 0.15) is 46.0 Å². The molecule has 0 spiro atoms. The third-order valence-electron chi connectivity index (χ3n) is 2.96. The molecular weight excluding hydrogens is 192 g/mol. The second-order valence-electron chi connectivity index (χ2n) is 4.95. The van der Waals surface area contributed by atoms with E-state index in [4.69, 9.17) is 10.8 Å². The lowest BCUT2D eigenvalue weighted by Gasteiger charge is -2.37. The van der Waals surface area contributed by atoms with Crippen LogP contribution in [-0.2, 0) is 4.79 Å². The molecule has 1 amide bonds. The number of nitrogens with two attached hydrogens (primary N) is 1. The molecule has 15 heavy (non-hydrogen) atoms. The van der Waals surface area contributed by atoms with Crippen molar-refractivity contribution in [2.24, 2.45) is 5.73 Å². The molecule has 4 N–H and O–H groups in total. The smallest absolute Gasteiger partial charge is 0.222 e. The average molecular weight is 214 g/mol. The van der Waals surface area contributed by atoms with Gasteiger partial charge in [-0.25, -0.2) is 0 Å². The SMILES string of the molecule is CC(O)CC(C)NC(=O)CC1(N)CCC1. The quantitative estimate of drug-likeness (QED) is 0.625. The molecule has 0 aromatic rings. The highest BCUT2D eigenvalue weighted by molar-refractivity contribution is 5.77. The van der Waals surface area contributed by atoms with Gasteiger partial charge in [-0.05, 0) is 39.5 Å². The lowest BCUT2D eigenvalue weighted by Crippen LogP contribution is -2.50. The van der Waals surface area contributed by atoms with Gasteiger partial charge < -0.3 is 16.2 Å². The van der Waals surface area contributed by atoms with Crippen LogP contribution in [0.2, 0.25) is 0 Å². The molecule has 4 heteroatoms. The molecule has 88 valence electrons. The highest BCUT2D eigenvalue weighted by Crippen LogP contribution is 2.31. The first-order valence-electron chi connectivity index (χ1n) is 5.68. The topological polar surface area (TPSA) is 75.3 Å². The molecule has 1 fully saturated rings. The fourth-order valence-electron chi connectivity index (χ4n) is 2.02. The Morgan fingerprint density at radius 1 is 1.53 bits per heavy atom. The number of amides is 1. The molecule has 0 aliphatic heterocycles. The van der Waals surface area contributed by atoms with Crippen molar-refractivity contribution in [3.63, 3.8) is 0 Å². The van der Waals surface area contributed by atoms with E-state index in [1.807, 2.05) is 6.92 Å². The Hall–Kier alpha value is -0.610. The first-order chi connectivity index (χ1) is 6.91. The molecule has 4 nitrogen and oxygen atoms in total. The zero-order chi connectivity index (χ0) is 11.5. The van der Waals surface area contributed by atoms with E-state index in [1.165, 1.54) is 0 Å². The van der Waals surface area contributed by atoms with Gasteiger partial charge in [0.1, 0.15) is 0 Å². The van der Waals surface area contributed by atoms with Gasteiger partial charge in [0, 0.05) is 18.0 Å². The molecule has 0 heterocycles. The fourth-order valence-corrected chi connectivity index (χ4v) is 2.02. The normalized spacial score (nSPS) is 22.7. The van der Waals surface area contributed by atoms with Crippen LogP contribution >= 0.6 is 0 Å². The van der Waals surface area contributed by atoms with Gasteiger partial charge in [-0.3, -0.25) is 4.79 Å². The number of carbonyl (C=O) groups is 1. The second kappa shape index (κ2) is 4.94. The summed E-state index contributed by atoms with van der Waals surface area (Å²) in [5.74, 6) is 0.00495. The van der Waals surface area contributed by atoms with Crippen molar-refractivity contribution in [2.75, 3.05) is 0 Å². The summed E-state index contributed by atoms with van der Waals surface area (Å²) in [5.41, 5.74) is 5.72. The van der Waals surface area contributed by atoms with E-state index in [0.717, 1.165) is 19.3 Å². The monoisotopic (exact) mass is 214 g/mol. The minimum atomic E-state index is -0.379. The maximum absolute atomic E-state index is 11.6. The van der Waals surface area contributed by atoms with Crippen molar-refractivity contribution in [1.82, 2.24) is 5.32 Å². The van der Waals surface area contributed by atoms with Crippen LogP contribution in [0, 0.1) is 0 Å². The van der Waals surface area contributed by atoms with Gasteiger partial charge in [0.2, 0.25) is 5.91 Å². The molecule has 0 aromatic carbocycles. The third kappa shape index (κ3) is 4.18. The van der Waals surface area contributed by atoms with Crippen LogP contribution < -0.4 is 11.1 Å². The predicted octanol–water partition coefficient (Wildman–Crippen LogP) is 0.533. The maximum atomic E-state index is 11.6. The van der Waals surface area contributed by atoms with Crippen molar-refractivity contribution in [1.29, 1.82) is 0 Å². The molecule has 1 aliphatic carbocycles. The summed E-state index contributed by atoms with van der Waals surface area (Å²) in [7, 11) is 0. The van der Waals surface area contributed by atoms with Gasteiger partial charge in [-0.2, -0.15) is 0 Å². The van der Waals surface area contributed by atoms with Gasteiger partial charge in [0.15, 0.2) is 0 Å². The zero-order valence-electron chi connectivity index (χ0n) is 9.62.